The van der Waals surface area contributed by atoms with Crippen LogP contribution in [-0.4, -0.2) is 0 Å². The number of rotatable bonds is 7. The van der Waals surface area contributed by atoms with Crippen molar-refractivity contribution in [2.24, 2.45) is 5.92 Å². The molecule has 1 atom stereocenters. The molecule has 154 valence electrons. The first-order valence-corrected chi connectivity index (χ1v) is 12.1. The largest absolute Gasteiger partial charge is 0.0985 e. The Morgan fingerprint density at radius 2 is 1.55 bits per heavy atom. The van der Waals surface area contributed by atoms with Crippen molar-refractivity contribution in [1.29, 1.82) is 0 Å². The molecule has 0 N–H and O–H groups in total. The first-order valence-electron chi connectivity index (χ1n) is 12.1. The zero-order valence-corrected chi connectivity index (χ0v) is 18.3. The quantitative estimate of drug-likeness (QED) is 0.419. The van der Waals surface area contributed by atoms with Crippen LogP contribution in [0.15, 0.2) is 49.0 Å². The standard InChI is InChI=1S/C29H38/c1-3-5-6-7-23-9-11-24(12-10-23)25-14-16-26(17-15-25)28-19-18-27-20-22(4-2)8-13-29(27)21-28/h4,8,13-17,20,23-24,28H,2-3,5-7,9-12,18-19,21H2,1H3. The highest BCUT2D eigenvalue weighted by molar-refractivity contribution is 5.51. The third kappa shape index (κ3) is 5.03. The smallest absolute Gasteiger partial charge is 0.0118 e. The molecule has 1 saturated carbocycles. The van der Waals surface area contributed by atoms with E-state index in [1.54, 1.807) is 11.1 Å². The van der Waals surface area contributed by atoms with Gasteiger partial charge in [0, 0.05) is 0 Å². The average Bonchev–Trinajstić information content (AvgIpc) is 2.79. The van der Waals surface area contributed by atoms with E-state index in [0.717, 1.165) is 11.8 Å². The van der Waals surface area contributed by atoms with E-state index in [-0.39, 0.29) is 0 Å². The fraction of sp³-hybridized carbons (Fsp3) is 0.517. The maximum absolute atomic E-state index is 3.91. The van der Waals surface area contributed by atoms with Crippen LogP contribution in [0.5, 0.6) is 0 Å². The Hall–Kier alpha value is -1.82. The molecule has 0 radical (unpaired) electrons. The van der Waals surface area contributed by atoms with Gasteiger partial charge in [-0.25, -0.2) is 0 Å². The van der Waals surface area contributed by atoms with Gasteiger partial charge in [0.1, 0.15) is 0 Å². The molecule has 29 heavy (non-hydrogen) atoms. The molecule has 0 amide bonds. The van der Waals surface area contributed by atoms with Gasteiger partial charge in [-0.2, -0.15) is 0 Å². The van der Waals surface area contributed by atoms with E-state index in [2.05, 4.69) is 56.0 Å². The van der Waals surface area contributed by atoms with Gasteiger partial charge in [-0.15, -0.1) is 0 Å². The van der Waals surface area contributed by atoms with Gasteiger partial charge in [0.05, 0.1) is 0 Å². The normalized spacial score (nSPS) is 24.1. The second-order valence-electron chi connectivity index (χ2n) is 9.55. The van der Waals surface area contributed by atoms with Crippen molar-refractivity contribution in [2.45, 2.75) is 89.4 Å². The van der Waals surface area contributed by atoms with Gasteiger partial charge in [-0.1, -0.05) is 87.7 Å². The molecule has 0 heterocycles. The van der Waals surface area contributed by atoms with Crippen molar-refractivity contribution in [2.75, 3.05) is 0 Å². The average molecular weight is 387 g/mol. The number of aryl methyl sites for hydroxylation is 1. The molecule has 2 aliphatic carbocycles. The highest BCUT2D eigenvalue weighted by Crippen LogP contribution is 2.39. The van der Waals surface area contributed by atoms with Crippen molar-refractivity contribution < 1.29 is 0 Å². The molecule has 0 bridgehead atoms. The topological polar surface area (TPSA) is 0 Å². The van der Waals surface area contributed by atoms with E-state index in [9.17, 15) is 0 Å². The first kappa shape index (κ1) is 20.5. The number of hydrogen-bond donors (Lipinski definition) is 0. The van der Waals surface area contributed by atoms with E-state index < -0.39 is 0 Å². The minimum atomic E-state index is 0.681. The van der Waals surface area contributed by atoms with E-state index in [0.29, 0.717) is 5.92 Å². The predicted molar refractivity (Wildman–Crippen MR) is 127 cm³/mol. The van der Waals surface area contributed by atoms with Gasteiger partial charge in [-0.3, -0.25) is 0 Å². The lowest BCUT2D eigenvalue weighted by Crippen LogP contribution is -2.14. The Balaban J connectivity index is 1.33. The summed E-state index contributed by atoms with van der Waals surface area (Å²) >= 11 is 0. The monoisotopic (exact) mass is 386 g/mol. The first-order chi connectivity index (χ1) is 14.3. The molecular formula is C29H38. The Kier molecular flexibility index (Phi) is 6.90. The van der Waals surface area contributed by atoms with Gasteiger partial charge >= 0.3 is 0 Å². The van der Waals surface area contributed by atoms with Crippen molar-refractivity contribution in [3.63, 3.8) is 0 Å². The summed E-state index contributed by atoms with van der Waals surface area (Å²) in [6.07, 6.45) is 17.0. The van der Waals surface area contributed by atoms with E-state index >= 15 is 0 Å². The molecule has 0 aliphatic heterocycles. The van der Waals surface area contributed by atoms with E-state index in [4.69, 9.17) is 0 Å². The molecule has 0 heteroatoms. The molecule has 2 aliphatic rings. The number of benzene rings is 2. The molecule has 0 saturated heterocycles. The maximum atomic E-state index is 3.91. The lowest BCUT2D eigenvalue weighted by atomic mass is 9.76. The minimum Gasteiger partial charge on any atom is -0.0985 e. The van der Waals surface area contributed by atoms with Crippen LogP contribution in [0, 0.1) is 5.92 Å². The predicted octanol–water partition coefficient (Wildman–Crippen LogP) is 8.46. The SMILES string of the molecule is C=Cc1ccc2c(c1)CCC(c1ccc(C3CCC(CCCCC)CC3)cc1)C2. The van der Waals surface area contributed by atoms with Crippen molar-refractivity contribution >= 4 is 6.08 Å². The summed E-state index contributed by atoms with van der Waals surface area (Å²) in [6, 6.07) is 16.7. The van der Waals surface area contributed by atoms with Crippen LogP contribution in [0.4, 0.5) is 0 Å². The molecule has 1 fully saturated rings. The summed E-state index contributed by atoms with van der Waals surface area (Å²) in [6.45, 7) is 6.22. The summed E-state index contributed by atoms with van der Waals surface area (Å²) in [5.41, 5.74) is 7.46. The summed E-state index contributed by atoms with van der Waals surface area (Å²) in [5, 5.41) is 0. The zero-order valence-electron chi connectivity index (χ0n) is 18.3. The van der Waals surface area contributed by atoms with Gasteiger partial charge in [0.15, 0.2) is 0 Å². The highest BCUT2D eigenvalue weighted by Gasteiger charge is 2.23. The van der Waals surface area contributed by atoms with Crippen molar-refractivity contribution in [3.8, 4) is 0 Å². The Bertz CT molecular complexity index is 789. The summed E-state index contributed by atoms with van der Waals surface area (Å²) < 4.78 is 0. The molecular weight excluding hydrogens is 348 g/mol. The van der Waals surface area contributed by atoms with Crippen LogP contribution in [0.2, 0.25) is 0 Å². The maximum Gasteiger partial charge on any atom is -0.0118 e. The van der Waals surface area contributed by atoms with Crippen molar-refractivity contribution in [3.05, 3.63) is 76.9 Å². The number of hydrogen-bond acceptors (Lipinski definition) is 0. The second-order valence-corrected chi connectivity index (χ2v) is 9.55. The van der Waals surface area contributed by atoms with Gasteiger partial charge in [0.25, 0.3) is 0 Å². The zero-order chi connectivity index (χ0) is 20.1. The van der Waals surface area contributed by atoms with Gasteiger partial charge < -0.3 is 0 Å². The molecule has 0 aromatic heterocycles. The van der Waals surface area contributed by atoms with Crippen LogP contribution < -0.4 is 0 Å². The summed E-state index contributed by atoms with van der Waals surface area (Å²) in [7, 11) is 0. The van der Waals surface area contributed by atoms with Crippen molar-refractivity contribution in [1.82, 2.24) is 0 Å². The lowest BCUT2D eigenvalue weighted by molar-refractivity contribution is 0.303. The molecule has 0 nitrogen and oxygen atoms in total. The highest BCUT2D eigenvalue weighted by atomic mass is 14.3. The fourth-order valence-corrected chi connectivity index (χ4v) is 5.69. The third-order valence-electron chi connectivity index (χ3n) is 7.64. The number of unbranched alkanes of at least 4 members (excludes halogenated alkanes) is 2. The molecule has 0 spiro atoms. The molecule has 2 aromatic rings. The van der Waals surface area contributed by atoms with Crippen LogP contribution in [0.25, 0.3) is 6.08 Å². The van der Waals surface area contributed by atoms with Gasteiger partial charge in [-0.05, 0) is 90.5 Å². The van der Waals surface area contributed by atoms with E-state index in [1.165, 1.54) is 87.3 Å². The fourth-order valence-electron chi connectivity index (χ4n) is 5.69. The summed E-state index contributed by atoms with van der Waals surface area (Å²) in [5.74, 6) is 2.48. The minimum absolute atomic E-state index is 0.681. The Labute approximate surface area is 178 Å². The van der Waals surface area contributed by atoms with Crippen LogP contribution >= 0.6 is 0 Å². The molecule has 2 aromatic carbocycles. The summed E-state index contributed by atoms with van der Waals surface area (Å²) in [4.78, 5) is 0. The third-order valence-corrected chi connectivity index (χ3v) is 7.64. The number of fused-ring (bicyclic) bond motifs is 1. The molecule has 4 rings (SSSR count). The van der Waals surface area contributed by atoms with Gasteiger partial charge in [0.2, 0.25) is 0 Å². The molecule has 1 unspecified atom stereocenters. The Morgan fingerprint density at radius 1 is 0.828 bits per heavy atom. The van der Waals surface area contributed by atoms with Crippen LogP contribution in [0.1, 0.15) is 104 Å². The van der Waals surface area contributed by atoms with E-state index in [1.807, 2.05) is 6.08 Å². The Morgan fingerprint density at radius 3 is 2.24 bits per heavy atom. The van der Waals surface area contributed by atoms with Crippen LogP contribution in [0.3, 0.4) is 0 Å². The second kappa shape index (κ2) is 9.79. The van der Waals surface area contributed by atoms with Crippen LogP contribution in [-0.2, 0) is 12.8 Å². The lowest BCUT2D eigenvalue weighted by Gasteiger charge is -2.29.